The molecule has 2 N–H and O–H groups in total. The van der Waals surface area contributed by atoms with E-state index in [0.717, 1.165) is 5.56 Å². The number of hydrogen-bond donors (Lipinski definition) is 2. The summed E-state index contributed by atoms with van der Waals surface area (Å²) >= 11 is 0. The molecule has 3 amide bonds. The van der Waals surface area contributed by atoms with Crippen LogP contribution in [0.15, 0.2) is 54.6 Å². The van der Waals surface area contributed by atoms with Crippen LogP contribution in [0.25, 0.3) is 0 Å². The number of fused-ring (bicyclic) bond motifs is 1. The minimum atomic E-state index is -0.797. The lowest BCUT2D eigenvalue weighted by molar-refractivity contribution is -0.128. The number of nitrogens with zero attached hydrogens (tertiary/aromatic N) is 1. The summed E-state index contributed by atoms with van der Waals surface area (Å²) in [6, 6.07) is 16.3. The van der Waals surface area contributed by atoms with Crippen molar-refractivity contribution in [3.05, 3.63) is 60.2 Å². The summed E-state index contributed by atoms with van der Waals surface area (Å²) in [6.45, 7) is -0.0649. The molecule has 2 aromatic carbocycles. The number of carbonyl (C=O) groups is 3. The van der Waals surface area contributed by atoms with Crippen LogP contribution in [0.1, 0.15) is 5.56 Å². The molecule has 0 unspecified atom stereocenters. The summed E-state index contributed by atoms with van der Waals surface area (Å²) in [5.41, 5.74) is 1.46. The zero-order chi connectivity index (χ0) is 19.2. The number of anilines is 1. The number of benzene rings is 2. The maximum atomic E-state index is 12.7. The van der Waals surface area contributed by atoms with Gasteiger partial charge in [0.2, 0.25) is 11.8 Å². The Morgan fingerprint density at radius 3 is 2.52 bits per heavy atom. The van der Waals surface area contributed by atoms with Gasteiger partial charge in [-0.05, 0) is 17.7 Å². The Morgan fingerprint density at radius 2 is 1.78 bits per heavy atom. The fraction of sp³-hybridized carbons (Fsp3) is 0.250. The third-order valence-electron chi connectivity index (χ3n) is 4.26. The fourth-order valence-electron chi connectivity index (χ4n) is 2.88. The summed E-state index contributed by atoms with van der Waals surface area (Å²) in [7, 11) is 1.52. The summed E-state index contributed by atoms with van der Waals surface area (Å²) in [5.74, 6) is -0.392. The molecule has 1 aliphatic rings. The van der Waals surface area contributed by atoms with Crippen LogP contribution in [0, 0.1) is 0 Å². The van der Waals surface area contributed by atoms with Crippen molar-refractivity contribution < 1.29 is 19.1 Å². The molecule has 0 bridgehead atoms. The van der Waals surface area contributed by atoms with Crippen LogP contribution in [-0.4, -0.2) is 44.0 Å². The zero-order valence-corrected chi connectivity index (χ0v) is 15.0. The average molecular weight is 367 g/mol. The molecule has 0 fully saturated rings. The standard InChI is InChI=1S/C20H21N3O4/c1-21-20(26)17-13-23(15-9-5-6-10-16(15)27-17)19(25)12-22-18(24)11-14-7-3-2-4-8-14/h2-10,17H,11-13H2,1H3,(H,21,26)(H,22,24)/t17-/m1/s1. The average Bonchev–Trinajstić information content (AvgIpc) is 2.71. The molecule has 1 heterocycles. The van der Waals surface area contributed by atoms with Crippen molar-refractivity contribution in [2.24, 2.45) is 0 Å². The lowest BCUT2D eigenvalue weighted by atomic mass is 10.1. The molecule has 0 aromatic heterocycles. The Balaban J connectivity index is 1.66. The minimum absolute atomic E-state index is 0.0874. The number of likely N-dealkylation sites (N-methyl/N-ethyl adjacent to an activating group) is 1. The van der Waals surface area contributed by atoms with Crippen LogP contribution in [0.5, 0.6) is 5.75 Å². The Kier molecular flexibility index (Phi) is 5.71. The lowest BCUT2D eigenvalue weighted by Gasteiger charge is -2.34. The van der Waals surface area contributed by atoms with E-state index in [1.54, 1.807) is 24.3 Å². The largest absolute Gasteiger partial charge is 0.477 e. The molecule has 140 valence electrons. The van der Waals surface area contributed by atoms with Gasteiger partial charge in [-0.25, -0.2) is 0 Å². The van der Waals surface area contributed by atoms with Crippen LogP contribution >= 0.6 is 0 Å². The highest BCUT2D eigenvalue weighted by Gasteiger charge is 2.33. The van der Waals surface area contributed by atoms with E-state index in [9.17, 15) is 14.4 Å². The van der Waals surface area contributed by atoms with Crippen LogP contribution < -0.4 is 20.3 Å². The highest BCUT2D eigenvalue weighted by Crippen LogP contribution is 2.33. The summed E-state index contributed by atoms with van der Waals surface area (Å²) in [5, 5.41) is 5.18. The van der Waals surface area contributed by atoms with Gasteiger partial charge in [0.1, 0.15) is 5.75 Å². The molecule has 0 spiro atoms. The smallest absolute Gasteiger partial charge is 0.262 e. The number of hydrogen-bond acceptors (Lipinski definition) is 4. The third-order valence-corrected chi connectivity index (χ3v) is 4.26. The second-order valence-corrected chi connectivity index (χ2v) is 6.13. The summed E-state index contributed by atoms with van der Waals surface area (Å²) in [6.07, 6.45) is -0.594. The lowest BCUT2D eigenvalue weighted by Crippen LogP contribution is -2.52. The molecule has 0 saturated heterocycles. The first-order valence-corrected chi connectivity index (χ1v) is 8.66. The van der Waals surface area contributed by atoms with E-state index in [1.165, 1.54) is 11.9 Å². The van der Waals surface area contributed by atoms with Gasteiger partial charge >= 0.3 is 0 Å². The Bertz CT molecular complexity index is 838. The predicted molar refractivity (Wildman–Crippen MR) is 100 cm³/mol. The molecule has 0 radical (unpaired) electrons. The highest BCUT2D eigenvalue weighted by atomic mass is 16.5. The van der Waals surface area contributed by atoms with Crippen molar-refractivity contribution in [2.45, 2.75) is 12.5 Å². The Hall–Kier alpha value is -3.35. The molecule has 7 heteroatoms. The predicted octanol–water partition coefficient (Wildman–Crippen LogP) is 0.886. The SMILES string of the molecule is CNC(=O)[C@H]1CN(C(=O)CNC(=O)Cc2ccccc2)c2ccccc2O1. The van der Waals surface area contributed by atoms with Crippen molar-refractivity contribution in [2.75, 3.05) is 25.0 Å². The van der Waals surface area contributed by atoms with Gasteiger partial charge in [-0.3, -0.25) is 14.4 Å². The van der Waals surface area contributed by atoms with E-state index in [2.05, 4.69) is 10.6 Å². The van der Waals surface area contributed by atoms with Crippen LogP contribution in [0.4, 0.5) is 5.69 Å². The zero-order valence-electron chi connectivity index (χ0n) is 15.0. The van der Waals surface area contributed by atoms with Crippen molar-refractivity contribution in [3.63, 3.8) is 0 Å². The second kappa shape index (κ2) is 8.35. The molecule has 27 heavy (non-hydrogen) atoms. The van der Waals surface area contributed by atoms with E-state index in [0.29, 0.717) is 11.4 Å². The Morgan fingerprint density at radius 1 is 1.07 bits per heavy atom. The maximum Gasteiger partial charge on any atom is 0.262 e. The van der Waals surface area contributed by atoms with Gasteiger partial charge in [-0.2, -0.15) is 0 Å². The van der Waals surface area contributed by atoms with Crippen molar-refractivity contribution in [1.29, 1.82) is 0 Å². The van der Waals surface area contributed by atoms with Crippen LogP contribution in [0.2, 0.25) is 0 Å². The molecule has 3 rings (SSSR count). The summed E-state index contributed by atoms with van der Waals surface area (Å²) in [4.78, 5) is 38.2. The number of rotatable bonds is 5. The molecule has 7 nitrogen and oxygen atoms in total. The van der Waals surface area contributed by atoms with E-state index in [1.807, 2.05) is 30.3 Å². The monoisotopic (exact) mass is 367 g/mol. The number of amides is 3. The van der Waals surface area contributed by atoms with Gasteiger partial charge in [-0.15, -0.1) is 0 Å². The van der Waals surface area contributed by atoms with Crippen LogP contribution in [0.3, 0.4) is 0 Å². The van der Waals surface area contributed by atoms with Crippen molar-refractivity contribution >= 4 is 23.4 Å². The number of para-hydroxylation sites is 2. The minimum Gasteiger partial charge on any atom is -0.477 e. The van der Waals surface area contributed by atoms with E-state index in [4.69, 9.17) is 4.74 Å². The normalized spacial score (nSPS) is 15.3. The fourth-order valence-corrected chi connectivity index (χ4v) is 2.88. The van der Waals surface area contributed by atoms with Crippen molar-refractivity contribution in [1.82, 2.24) is 10.6 Å². The van der Waals surface area contributed by atoms with Gasteiger partial charge in [0, 0.05) is 7.05 Å². The van der Waals surface area contributed by atoms with E-state index >= 15 is 0 Å². The first-order valence-electron chi connectivity index (χ1n) is 8.66. The van der Waals surface area contributed by atoms with Crippen LogP contribution in [-0.2, 0) is 20.8 Å². The molecule has 1 aliphatic heterocycles. The number of carbonyl (C=O) groups excluding carboxylic acids is 3. The van der Waals surface area contributed by atoms with E-state index in [-0.39, 0.29) is 37.2 Å². The molecule has 2 aromatic rings. The van der Waals surface area contributed by atoms with Gasteiger partial charge in [-0.1, -0.05) is 42.5 Å². The summed E-state index contributed by atoms with van der Waals surface area (Å²) < 4.78 is 5.68. The third kappa shape index (κ3) is 4.44. The molecular formula is C20H21N3O4. The maximum absolute atomic E-state index is 12.7. The van der Waals surface area contributed by atoms with E-state index < -0.39 is 6.10 Å². The topological polar surface area (TPSA) is 87.7 Å². The van der Waals surface area contributed by atoms with Crippen molar-refractivity contribution in [3.8, 4) is 5.75 Å². The number of nitrogens with one attached hydrogen (secondary N) is 2. The highest BCUT2D eigenvalue weighted by molar-refractivity contribution is 5.99. The second-order valence-electron chi connectivity index (χ2n) is 6.13. The molecule has 0 saturated carbocycles. The quantitative estimate of drug-likeness (QED) is 0.821. The molecular weight excluding hydrogens is 346 g/mol. The van der Waals surface area contributed by atoms with Gasteiger partial charge in [0.05, 0.1) is 25.2 Å². The molecule has 1 atom stereocenters. The molecule has 0 aliphatic carbocycles. The Labute approximate surface area is 157 Å². The number of ether oxygens (including phenoxy) is 1. The van der Waals surface area contributed by atoms with Gasteiger partial charge < -0.3 is 20.3 Å². The first-order chi connectivity index (χ1) is 13.1. The van der Waals surface area contributed by atoms with Gasteiger partial charge in [0.15, 0.2) is 6.10 Å². The van der Waals surface area contributed by atoms with Gasteiger partial charge in [0.25, 0.3) is 5.91 Å². The first kappa shape index (κ1) is 18.4.